The molecule has 2 heterocycles. The lowest BCUT2D eigenvalue weighted by Crippen LogP contribution is -2.24. The molecule has 1 fully saturated rings. The molecule has 2 aromatic carbocycles. The standard InChI is InChI=1S/C28H33N7O/c1-18(2)10-11-19-6-5-7-22(16-19)26(36)28-29-25(30-31-28)17-20-12-14-21(15-13-20)23-8-3-4-9-24(23)27-32-34-35-33-27/h3-4,8-9,12-15,18-19,22H,5-7,10-11,16-17H2,1-2H3,(H,29,30,31)(H,32,33,34,35). The van der Waals surface area contributed by atoms with Crippen molar-refractivity contribution < 1.29 is 4.79 Å². The van der Waals surface area contributed by atoms with Crippen LogP contribution >= 0.6 is 0 Å². The fourth-order valence-corrected chi connectivity index (χ4v) is 5.24. The first kappa shape index (κ1) is 24.0. The van der Waals surface area contributed by atoms with Crippen molar-refractivity contribution in [2.45, 2.75) is 58.8 Å². The van der Waals surface area contributed by atoms with E-state index in [0.29, 0.717) is 35.7 Å². The fraction of sp³-hybridized carbons (Fsp3) is 0.429. The molecular formula is C28H33N7O. The molecule has 4 aromatic rings. The molecule has 36 heavy (non-hydrogen) atoms. The topological polar surface area (TPSA) is 113 Å². The summed E-state index contributed by atoms with van der Waals surface area (Å²) in [5, 5.41) is 21.6. The molecule has 0 saturated heterocycles. The lowest BCUT2D eigenvalue weighted by molar-refractivity contribution is 0.0847. The Morgan fingerprint density at radius 1 is 1.03 bits per heavy atom. The predicted molar refractivity (Wildman–Crippen MR) is 138 cm³/mol. The first-order chi connectivity index (χ1) is 17.6. The second-order valence-electron chi connectivity index (χ2n) is 10.3. The Balaban J connectivity index is 1.23. The monoisotopic (exact) mass is 483 g/mol. The molecule has 0 spiro atoms. The number of tetrazole rings is 1. The van der Waals surface area contributed by atoms with E-state index in [-0.39, 0.29) is 11.7 Å². The summed E-state index contributed by atoms with van der Waals surface area (Å²) in [6, 6.07) is 16.3. The predicted octanol–water partition coefficient (Wildman–Crippen LogP) is 5.67. The first-order valence-electron chi connectivity index (χ1n) is 12.9. The third-order valence-electron chi connectivity index (χ3n) is 7.22. The largest absolute Gasteiger partial charge is 0.290 e. The van der Waals surface area contributed by atoms with Crippen LogP contribution in [0.2, 0.25) is 0 Å². The van der Waals surface area contributed by atoms with Gasteiger partial charge in [0.15, 0.2) is 5.82 Å². The summed E-state index contributed by atoms with van der Waals surface area (Å²) in [7, 11) is 0. The maximum atomic E-state index is 13.1. The maximum absolute atomic E-state index is 13.1. The van der Waals surface area contributed by atoms with Crippen molar-refractivity contribution in [2.75, 3.05) is 0 Å². The zero-order valence-electron chi connectivity index (χ0n) is 20.9. The highest BCUT2D eigenvalue weighted by molar-refractivity contribution is 5.94. The summed E-state index contributed by atoms with van der Waals surface area (Å²) in [4.78, 5) is 17.7. The van der Waals surface area contributed by atoms with Crippen LogP contribution < -0.4 is 0 Å². The van der Waals surface area contributed by atoms with Crippen LogP contribution in [0, 0.1) is 17.8 Å². The number of hydrogen-bond donors (Lipinski definition) is 2. The number of carbonyl (C=O) groups is 1. The van der Waals surface area contributed by atoms with E-state index in [0.717, 1.165) is 41.5 Å². The van der Waals surface area contributed by atoms with Crippen LogP contribution in [0.1, 0.15) is 74.4 Å². The van der Waals surface area contributed by atoms with Crippen molar-refractivity contribution in [3.63, 3.8) is 0 Å². The average Bonchev–Trinajstić information content (AvgIpc) is 3.61. The Labute approximate surface area is 211 Å². The maximum Gasteiger partial charge on any atom is 0.217 e. The van der Waals surface area contributed by atoms with Gasteiger partial charge in [0.1, 0.15) is 5.82 Å². The molecule has 1 saturated carbocycles. The lowest BCUT2D eigenvalue weighted by atomic mass is 9.77. The van der Waals surface area contributed by atoms with Gasteiger partial charge in [0.05, 0.1) is 0 Å². The quantitative estimate of drug-likeness (QED) is 0.297. The molecule has 0 radical (unpaired) electrons. The molecule has 2 aromatic heterocycles. The van der Waals surface area contributed by atoms with Gasteiger partial charge in [-0.3, -0.25) is 9.89 Å². The number of aromatic nitrogens is 7. The number of aromatic amines is 2. The van der Waals surface area contributed by atoms with E-state index in [1.807, 2.05) is 18.2 Å². The SMILES string of the molecule is CC(C)CCC1CCCC(C(=O)c2n[nH]c(Cc3ccc(-c4ccccc4-c4nnn[nH]4)cc3)n2)C1. The normalized spacial score (nSPS) is 18.0. The highest BCUT2D eigenvalue weighted by Crippen LogP contribution is 2.34. The molecule has 8 heteroatoms. The van der Waals surface area contributed by atoms with E-state index in [4.69, 9.17) is 0 Å². The van der Waals surface area contributed by atoms with Crippen LogP contribution in [0.15, 0.2) is 48.5 Å². The van der Waals surface area contributed by atoms with Gasteiger partial charge in [-0.25, -0.2) is 10.1 Å². The van der Waals surface area contributed by atoms with Gasteiger partial charge < -0.3 is 0 Å². The van der Waals surface area contributed by atoms with E-state index in [1.54, 1.807) is 0 Å². The van der Waals surface area contributed by atoms with Gasteiger partial charge >= 0.3 is 0 Å². The number of rotatable bonds is 9. The Bertz CT molecular complexity index is 1280. The molecule has 0 bridgehead atoms. The van der Waals surface area contributed by atoms with E-state index >= 15 is 0 Å². The number of carbonyl (C=O) groups excluding carboxylic acids is 1. The molecule has 1 aliphatic carbocycles. The summed E-state index contributed by atoms with van der Waals surface area (Å²) in [6.45, 7) is 4.53. The molecule has 2 N–H and O–H groups in total. The summed E-state index contributed by atoms with van der Waals surface area (Å²) in [6.07, 6.45) is 7.34. The van der Waals surface area contributed by atoms with Gasteiger partial charge in [-0.2, -0.15) is 5.10 Å². The molecular weight excluding hydrogens is 450 g/mol. The fourth-order valence-electron chi connectivity index (χ4n) is 5.24. The van der Waals surface area contributed by atoms with Crippen molar-refractivity contribution in [3.05, 3.63) is 65.7 Å². The third-order valence-corrected chi connectivity index (χ3v) is 7.22. The summed E-state index contributed by atoms with van der Waals surface area (Å²) in [5.74, 6) is 3.21. The van der Waals surface area contributed by atoms with Crippen molar-refractivity contribution in [1.29, 1.82) is 0 Å². The van der Waals surface area contributed by atoms with E-state index in [2.05, 4.69) is 80.0 Å². The van der Waals surface area contributed by atoms with Crippen LogP contribution in [0.25, 0.3) is 22.5 Å². The molecule has 2 atom stereocenters. The Morgan fingerprint density at radius 3 is 2.58 bits per heavy atom. The zero-order valence-corrected chi connectivity index (χ0v) is 20.9. The zero-order chi connectivity index (χ0) is 24.9. The van der Waals surface area contributed by atoms with Crippen molar-refractivity contribution in [3.8, 4) is 22.5 Å². The van der Waals surface area contributed by atoms with Crippen molar-refractivity contribution in [2.24, 2.45) is 17.8 Å². The third kappa shape index (κ3) is 5.58. The molecule has 2 unspecified atom stereocenters. The van der Waals surface area contributed by atoms with E-state index in [9.17, 15) is 4.79 Å². The molecule has 186 valence electrons. The van der Waals surface area contributed by atoms with Crippen LogP contribution in [0.5, 0.6) is 0 Å². The van der Waals surface area contributed by atoms with Gasteiger partial charge in [0.2, 0.25) is 11.6 Å². The summed E-state index contributed by atoms with van der Waals surface area (Å²) < 4.78 is 0. The van der Waals surface area contributed by atoms with Gasteiger partial charge in [0.25, 0.3) is 0 Å². The highest BCUT2D eigenvalue weighted by Gasteiger charge is 2.30. The smallest absolute Gasteiger partial charge is 0.217 e. The molecule has 5 rings (SSSR count). The number of ketones is 1. The van der Waals surface area contributed by atoms with Gasteiger partial charge in [-0.15, -0.1) is 5.10 Å². The first-order valence-corrected chi connectivity index (χ1v) is 12.9. The number of nitrogens with zero attached hydrogens (tertiary/aromatic N) is 5. The highest BCUT2D eigenvalue weighted by atomic mass is 16.1. The number of hydrogen-bond acceptors (Lipinski definition) is 6. The Morgan fingerprint density at radius 2 is 1.83 bits per heavy atom. The minimum absolute atomic E-state index is 0.0541. The second kappa shape index (κ2) is 10.9. The van der Waals surface area contributed by atoms with E-state index in [1.165, 1.54) is 19.3 Å². The second-order valence-corrected chi connectivity index (χ2v) is 10.3. The number of H-pyrrole nitrogens is 2. The molecule has 8 nitrogen and oxygen atoms in total. The van der Waals surface area contributed by atoms with Crippen LogP contribution in [-0.4, -0.2) is 41.6 Å². The van der Waals surface area contributed by atoms with Crippen LogP contribution in [-0.2, 0) is 6.42 Å². The lowest BCUT2D eigenvalue weighted by Gasteiger charge is -2.28. The molecule has 0 amide bonds. The molecule has 1 aliphatic rings. The van der Waals surface area contributed by atoms with Gasteiger partial charge in [-0.1, -0.05) is 88.1 Å². The van der Waals surface area contributed by atoms with Crippen LogP contribution in [0.4, 0.5) is 0 Å². The number of Topliss-reactive ketones (excluding diaryl/α,β-unsaturated/α-hetero) is 1. The van der Waals surface area contributed by atoms with Crippen LogP contribution in [0.3, 0.4) is 0 Å². The van der Waals surface area contributed by atoms with Gasteiger partial charge in [-0.05, 0) is 51.8 Å². The summed E-state index contributed by atoms with van der Waals surface area (Å²) >= 11 is 0. The summed E-state index contributed by atoms with van der Waals surface area (Å²) in [5.41, 5.74) is 4.17. The molecule has 0 aliphatic heterocycles. The number of nitrogens with one attached hydrogen (secondary N) is 2. The van der Waals surface area contributed by atoms with Crippen molar-refractivity contribution >= 4 is 5.78 Å². The minimum atomic E-state index is 0.0541. The Kier molecular flexibility index (Phi) is 7.30. The average molecular weight is 484 g/mol. The number of benzene rings is 2. The minimum Gasteiger partial charge on any atom is -0.290 e. The van der Waals surface area contributed by atoms with Crippen molar-refractivity contribution in [1.82, 2.24) is 35.8 Å². The van der Waals surface area contributed by atoms with E-state index < -0.39 is 0 Å². The van der Waals surface area contributed by atoms with Gasteiger partial charge in [0, 0.05) is 17.9 Å². The Hall–Kier alpha value is -3.68.